The van der Waals surface area contributed by atoms with E-state index in [1.54, 1.807) is 44.3 Å². The molecule has 4 nitrogen and oxygen atoms in total. The molecule has 0 bridgehead atoms. The van der Waals surface area contributed by atoms with Gasteiger partial charge in [-0.1, -0.05) is 18.2 Å². The topological polar surface area (TPSA) is 46.6 Å². The average Bonchev–Trinajstić information content (AvgIpc) is 2.37. The van der Waals surface area contributed by atoms with E-state index < -0.39 is 5.97 Å². The lowest BCUT2D eigenvalue weighted by Gasteiger charge is -2.18. The minimum absolute atomic E-state index is 0.191. The first-order chi connectivity index (χ1) is 8.11. The lowest BCUT2D eigenvalue weighted by Crippen LogP contribution is -2.26. The average molecular weight is 233 g/mol. The van der Waals surface area contributed by atoms with E-state index in [4.69, 9.17) is 0 Å². The molecule has 0 N–H and O–H groups in total. The van der Waals surface area contributed by atoms with Crippen LogP contribution in [-0.4, -0.2) is 26.0 Å². The third kappa shape index (κ3) is 2.93. The highest BCUT2D eigenvalue weighted by molar-refractivity contribution is 6.06. The van der Waals surface area contributed by atoms with E-state index in [0.29, 0.717) is 11.3 Å². The highest BCUT2D eigenvalue weighted by Crippen LogP contribution is 2.20. The van der Waals surface area contributed by atoms with Gasteiger partial charge in [-0.3, -0.25) is 4.79 Å². The van der Waals surface area contributed by atoms with Crippen molar-refractivity contribution in [3.63, 3.8) is 0 Å². The molecule has 90 valence electrons. The van der Waals surface area contributed by atoms with Crippen LogP contribution in [0.5, 0.6) is 0 Å². The van der Waals surface area contributed by atoms with E-state index in [0.717, 1.165) is 0 Å². The number of hydrogen-bond acceptors (Lipinski definition) is 3. The number of anilines is 1. The number of para-hydroxylation sites is 1. The predicted octanol–water partition coefficient (Wildman–Crippen LogP) is 2.01. The molecule has 0 atom stereocenters. The summed E-state index contributed by atoms with van der Waals surface area (Å²) in [6, 6.07) is 6.82. The van der Waals surface area contributed by atoms with Gasteiger partial charge in [-0.25, -0.2) is 4.79 Å². The summed E-state index contributed by atoms with van der Waals surface area (Å²) in [5.41, 5.74) is 0.901. The van der Waals surface area contributed by atoms with Gasteiger partial charge in [0.25, 0.3) is 0 Å². The van der Waals surface area contributed by atoms with Crippen LogP contribution in [0.1, 0.15) is 17.3 Å². The molecule has 0 spiro atoms. The molecule has 0 fully saturated rings. The van der Waals surface area contributed by atoms with Crippen molar-refractivity contribution in [1.82, 2.24) is 0 Å². The molecule has 0 radical (unpaired) electrons. The Bertz CT molecular complexity index is 452. The molecule has 0 aliphatic carbocycles. The van der Waals surface area contributed by atoms with Crippen LogP contribution in [0, 0.1) is 0 Å². The second kappa shape index (κ2) is 5.84. The quantitative estimate of drug-likeness (QED) is 0.592. The van der Waals surface area contributed by atoms with Crippen molar-refractivity contribution in [2.45, 2.75) is 6.92 Å². The van der Waals surface area contributed by atoms with Crippen LogP contribution in [0.15, 0.2) is 36.4 Å². The van der Waals surface area contributed by atoms with Gasteiger partial charge in [0.15, 0.2) is 0 Å². The normalized spacial score (nSPS) is 10.3. The van der Waals surface area contributed by atoms with Crippen molar-refractivity contribution < 1.29 is 14.3 Å². The summed E-state index contributed by atoms with van der Waals surface area (Å²) in [6.07, 6.45) is 3.09. The van der Waals surface area contributed by atoms with Gasteiger partial charge in [0.1, 0.15) is 0 Å². The fraction of sp³-hybridized carbons (Fsp3) is 0.231. The Morgan fingerprint density at radius 1 is 1.29 bits per heavy atom. The Balaban J connectivity index is 3.13. The summed E-state index contributed by atoms with van der Waals surface area (Å²) in [5, 5.41) is 0. The van der Waals surface area contributed by atoms with Crippen LogP contribution in [0.2, 0.25) is 0 Å². The molecule has 0 aliphatic rings. The number of hydrogen-bond donors (Lipinski definition) is 0. The Morgan fingerprint density at radius 3 is 2.53 bits per heavy atom. The second-order valence-electron chi connectivity index (χ2n) is 3.41. The maximum Gasteiger partial charge on any atom is 0.339 e. The second-order valence-corrected chi connectivity index (χ2v) is 3.41. The third-order valence-corrected chi connectivity index (χ3v) is 2.31. The van der Waals surface area contributed by atoms with Crippen molar-refractivity contribution in [2.24, 2.45) is 0 Å². The standard InChI is InChI=1S/C13H15NO3/c1-4-7-12(15)14(2)11-9-6-5-8-10(11)13(16)17-3/h4-9H,1-3H3/b7-4+. The zero-order chi connectivity index (χ0) is 12.8. The number of methoxy groups -OCH3 is 1. The maximum absolute atomic E-state index is 11.7. The van der Waals surface area contributed by atoms with Gasteiger partial charge in [0, 0.05) is 7.05 Å². The lowest BCUT2D eigenvalue weighted by molar-refractivity contribution is -0.113. The molecule has 4 heteroatoms. The minimum Gasteiger partial charge on any atom is -0.465 e. The number of amides is 1. The molecular weight excluding hydrogens is 218 g/mol. The largest absolute Gasteiger partial charge is 0.465 e. The first-order valence-corrected chi connectivity index (χ1v) is 5.19. The monoisotopic (exact) mass is 233 g/mol. The van der Waals surface area contributed by atoms with Gasteiger partial charge in [0.05, 0.1) is 18.4 Å². The SMILES string of the molecule is C/C=C/C(=O)N(C)c1ccccc1C(=O)OC. The lowest BCUT2D eigenvalue weighted by atomic mass is 10.1. The zero-order valence-corrected chi connectivity index (χ0v) is 10.1. The zero-order valence-electron chi connectivity index (χ0n) is 10.1. The van der Waals surface area contributed by atoms with Crippen LogP contribution in [0.25, 0.3) is 0 Å². The smallest absolute Gasteiger partial charge is 0.339 e. The molecule has 1 amide bonds. The number of esters is 1. The molecule has 17 heavy (non-hydrogen) atoms. The van der Waals surface area contributed by atoms with Gasteiger partial charge >= 0.3 is 5.97 Å². The van der Waals surface area contributed by atoms with Crippen molar-refractivity contribution in [1.29, 1.82) is 0 Å². The van der Waals surface area contributed by atoms with Gasteiger partial charge in [-0.2, -0.15) is 0 Å². The Kier molecular flexibility index (Phi) is 4.46. The van der Waals surface area contributed by atoms with Crippen LogP contribution in [0.4, 0.5) is 5.69 Å². The van der Waals surface area contributed by atoms with Crippen molar-refractivity contribution in [3.8, 4) is 0 Å². The van der Waals surface area contributed by atoms with Crippen molar-refractivity contribution in [3.05, 3.63) is 42.0 Å². The van der Waals surface area contributed by atoms with Crippen LogP contribution in [0.3, 0.4) is 0 Å². The molecule has 1 aromatic carbocycles. The number of ether oxygens (including phenoxy) is 1. The molecule has 0 saturated heterocycles. The molecule has 1 aromatic rings. The Hall–Kier alpha value is -2.10. The minimum atomic E-state index is -0.458. The number of nitrogens with zero attached hydrogens (tertiary/aromatic N) is 1. The van der Waals surface area contributed by atoms with Crippen LogP contribution < -0.4 is 4.90 Å². The number of carbonyl (C=O) groups excluding carboxylic acids is 2. The van der Waals surface area contributed by atoms with E-state index in [9.17, 15) is 9.59 Å². The highest BCUT2D eigenvalue weighted by atomic mass is 16.5. The first kappa shape index (κ1) is 13.0. The van der Waals surface area contributed by atoms with Gasteiger partial charge in [0.2, 0.25) is 5.91 Å². The summed E-state index contributed by atoms with van der Waals surface area (Å²) in [6.45, 7) is 1.76. The number of rotatable bonds is 3. The Labute approximate surface area is 100 Å². The molecule has 0 aliphatic heterocycles. The number of carbonyl (C=O) groups is 2. The summed E-state index contributed by atoms with van der Waals surface area (Å²) >= 11 is 0. The van der Waals surface area contributed by atoms with Crippen molar-refractivity contribution >= 4 is 17.6 Å². The first-order valence-electron chi connectivity index (χ1n) is 5.19. The molecule has 1 rings (SSSR count). The summed E-state index contributed by atoms with van der Waals surface area (Å²) in [7, 11) is 2.93. The van der Waals surface area contributed by atoms with Crippen molar-refractivity contribution in [2.75, 3.05) is 19.1 Å². The molecule has 0 aromatic heterocycles. The molecule has 0 unspecified atom stereocenters. The fourth-order valence-corrected chi connectivity index (χ4v) is 1.42. The third-order valence-electron chi connectivity index (χ3n) is 2.31. The summed E-state index contributed by atoms with van der Waals surface area (Å²) in [4.78, 5) is 24.6. The molecular formula is C13H15NO3. The van der Waals surface area contributed by atoms with E-state index >= 15 is 0 Å². The van der Waals surface area contributed by atoms with Crippen LogP contribution >= 0.6 is 0 Å². The van der Waals surface area contributed by atoms with E-state index in [1.807, 2.05) is 0 Å². The van der Waals surface area contributed by atoms with E-state index in [-0.39, 0.29) is 5.91 Å². The number of likely N-dealkylation sites (N-methyl/N-ethyl adjacent to an activating group) is 1. The van der Waals surface area contributed by atoms with E-state index in [1.165, 1.54) is 18.1 Å². The maximum atomic E-state index is 11.7. The molecule has 0 heterocycles. The summed E-state index contributed by atoms with van der Waals surface area (Å²) < 4.78 is 4.67. The Morgan fingerprint density at radius 2 is 1.94 bits per heavy atom. The number of benzene rings is 1. The van der Waals surface area contributed by atoms with Crippen LogP contribution in [-0.2, 0) is 9.53 Å². The summed E-state index contributed by atoms with van der Waals surface area (Å²) in [5.74, 6) is -0.649. The fourth-order valence-electron chi connectivity index (χ4n) is 1.42. The predicted molar refractivity (Wildman–Crippen MR) is 66.0 cm³/mol. The number of allylic oxidation sites excluding steroid dienone is 1. The van der Waals surface area contributed by atoms with E-state index in [2.05, 4.69) is 4.74 Å². The highest BCUT2D eigenvalue weighted by Gasteiger charge is 2.16. The van der Waals surface area contributed by atoms with Gasteiger partial charge in [-0.15, -0.1) is 0 Å². The van der Waals surface area contributed by atoms with Gasteiger partial charge < -0.3 is 9.64 Å². The molecule has 0 saturated carbocycles. The van der Waals surface area contributed by atoms with Gasteiger partial charge in [-0.05, 0) is 25.1 Å².